The van der Waals surface area contributed by atoms with Crippen LogP contribution in [0.25, 0.3) is 0 Å². The van der Waals surface area contributed by atoms with Gasteiger partial charge in [0, 0.05) is 6.54 Å². The molecule has 112 valence electrons. The largest absolute Gasteiger partial charge is 0.491 e. The van der Waals surface area contributed by atoms with Gasteiger partial charge in [0.05, 0.1) is 12.3 Å². The van der Waals surface area contributed by atoms with Crippen LogP contribution in [0.4, 0.5) is 5.69 Å². The number of rotatable bonds is 6. The molecule has 2 aromatic carbocycles. The molecule has 0 bridgehead atoms. The van der Waals surface area contributed by atoms with Gasteiger partial charge in [-0.2, -0.15) is 0 Å². The zero-order valence-corrected chi connectivity index (χ0v) is 13.4. The Hall–Kier alpha value is -1.96. The van der Waals surface area contributed by atoms with Crippen LogP contribution in [0.1, 0.15) is 30.5 Å². The Labute approximate surface area is 128 Å². The Morgan fingerprint density at radius 1 is 1.00 bits per heavy atom. The third-order valence-corrected chi connectivity index (χ3v) is 3.65. The lowest BCUT2D eigenvalue weighted by molar-refractivity contribution is 0.272. The number of hydrogen-bond donors (Lipinski definition) is 1. The van der Waals surface area contributed by atoms with Crippen molar-refractivity contribution in [3.05, 3.63) is 59.2 Å². The lowest BCUT2D eigenvalue weighted by Crippen LogP contribution is -2.08. The highest BCUT2D eigenvalue weighted by Crippen LogP contribution is 2.25. The van der Waals surface area contributed by atoms with Gasteiger partial charge in [-0.3, -0.25) is 0 Å². The van der Waals surface area contributed by atoms with Gasteiger partial charge in [0.1, 0.15) is 5.75 Å². The average molecular weight is 283 g/mol. The van der Waals surface area contributed by atoms with Crippen molar-refractivity contribution < 1.29 is 4.74 Å². The van der Waals surface area contributed by atoms with Crippen molar-refractivity contribution >= 4 is 5.69 Å². The number of anilines is 1. The first kappa shape index (κ1) is 15.4. The van der Waals surface area contributed by atoms with Crippen LogP contribution >= 0.6 is 0 Å². The van der Waals surface area contributed by atoms with Gasteiger partial charge in [0.25, 0.3) is 0 Å². The quantitative estimate of drug-likeness (QED) is 0.810. The summed E-state index contributed by atoms with van der Waals surface area (Å²) >= 11 is 0. The molecule has 0 aliphatic heterocycles. The molecule has 0 saturated heterocycles. The van der Waals surface area contributed by atoms with E-state index >= 15 is 0 Å². The monoisotopic (exact) mass is 283 g/mol. The highest BCUT2D eigenvalue weighted by Gasteiger charge is 2.05. The predicted molar refractivity (Wildman–Crippen MR) is 90.0 cm³/mol. The minimum Gasteiger partial charge on any atom is -0.491 e. The van der Waals surface area contributed by atoms with Gasteiger partial charge in [0.15, 0.2) is 0 Å². The summed E-state index contributed by atoms with van der Waals surface area (Å²) in [6.45, 7) is 10.2. The van der Waals surface area contributed by atoms with E-state index in [2.05, 4.69) is 57.3 Å². The topological polar surface area (TPSA) is 21.3 Å². The Balaban J connectivity index is 2.07. The van der Waals surface area contributed by atoms with Gasteiger partial charge in [-0.1, -0.05) is 44.2 Å². The Bertz CT molecular complexity index is 590. The molecule has 0 aliphatic rings. The van der Waals surface area contributed by atoms with Crippen molar-refractivity contribution in [3.8, 4) is 5.75 Å². The third kappa shape index (κ3) is 4.25. The van der Waals surface area contributed by atoms with Gasteiger partial charge in [-0.05, 0) is 48.6 Å². The van der Waals surface area contributed by atoms with E-state index in [1.54, 1.807) is 0 Å². The number of nitrogens with one attached hydrogen (secondary N) is 1. The Morgan fingerprint density at radius 3 is 2.52 bits per heavy atom. The van der Waals surface area contributed by atoms with Crippen molar-refractivity contribution in [2.24, 2.45) is 5.92 Å². The Kier molecular flexibility index (Phi) is 5.26. The predicted octanol–water partition coefficient (Wildman–Crippen LogP) is 4.95. The van der Waals surface area contributed by atoms with E-state index in [0.29, 0.717) is 5.92 Å². The van der Waals surface area contributed by atoms with Crippen LogP contribution in [0.15, 0.2) is 42.5 Å². The molecule has 2 rings (SSSR count). The molecule has 0 atom stereocenters. The maximum Gasteiger partial charge on any atom is 0.142 e. The molecule has 0 unspecified atom stereocenters. The molecule has 2 aromatic rings. The lowest BCUT2D eigenvalue weighted by atomic mass is 10.0. The van der Waals surface area contributed by atoms with Crippen molar-refractivity contribution in [3.63, 3.8) is 0 Å². The zero-order valence-electron chi connectivity index (χ0n) is 13.4. The van der Waals surface area contributed by atoms with Crippen molar-refractivity contribution in [2.75, 3.05) is 11.9 Å². The van der Waals surface area contributed by atoms with Crippen LogP contribution in [0.5, 0.6) is 5.75 Å². The summed E-state index contributed by atoms with van der Waals surface area (Å²) in [5, 5.41) is 3.50. The molecule has 0 fully saturated rings. The second-order valence-electron chi connectivity index (χ2n) is 5.91. The molecular weight excluding hydrogens is 258 g/mol. The first-order valence-electron chi connectivity index (χ1n) is 7.58. The van der Waals surface area contributed by atoms with Gasteiger partial charge < -0.3 is 10.1 Å². The summed E-state index contributed by atoms with van der Waals surface area (Å²) in [5.41, 5.74) is 5.07. The summed E-state index contributed by atoms with van der Waals surface area (Å²) in [6.07, 6.45) is 0. The van der Waals surface area contributed by atoms with Crippen LogP contribution in [0.3, 0.4) is 0 Å². The van der Waals surface area contributed by atoms with Crippen molar-refractivity contribution in [1.82, 2.24) is 0 Å². The number of benzene rings is 2. The highest BCUT2D eigenvalue weighted by molar-refractivity contribution is 5.56. The van der Waals surface area contributed by atoms with E-state index < -0.39 is 0 Å². The zero-order chi connectivity index (χ0) is 15.2. The van der Waals surface area contributed by atoms with Crippen molar-refractivity contribution in [1.29, 1.82) is 0 Å². The molecule has 2 nitrogen and oxygen atoms in total. The minimum atomic E-state index is 0.525. The van der Waals surface area contributed by atoms with Crippen LogP contribution in [0, 0.1) is 19.8 Å². The van der Waals surface area contributed by atoms with E-state index in [1.165, 1.54) is 16.7 Å². The fourth-order valence-corrected chi connectivity index (χ4v) is 2.19. The molecule has 0 aliphatic carbocycles. The second kappa shape index (κ2) is 7.16. The molecule has 2 heteroatoms. The van der Waals surface area contributed by atoms with Gasteiger partial charge >= 0.3 is 0 Å². The highest BCUT2D eigenvalue weighted by atomic mass is 16.5. The molecule has 0 amide bonds. The smallest absolute Gasteiger partial charge is 0.142 e. The molecule has 1 N–H and O–H groups in total. The minimum absolute atomic E-state index is 0.525. The first-order chi connectivity index (χ1) is 10.1. The molecular formula is C19H25NO. The number of hydrogen-bond acceptors (Lipinski definition) is 2. The molecule has 0 saturated carbocycles. The molecule has 0 radical (unpaired) electrons. The maximum atomic E-state index is 5.88. The van der Waals surface area contributed by atoms with E-state index in [4.69, 9.17) is 4.74 Å². The SMILES string of the molecule is Cc1cccc(CNc2ccccc2OCC(C)C)c1C. The summed E-state index contributed by atoms with van der Waals surface area (Å²) in [4.78, 5) is 0. The van der Waals surface area contributed by atoms with Crippen LogP contribution in [-0.2, 0) is 6.54 Å². The Morgan fingerprint density at radius 2 is 1.76 bits per heavy atom. The molecule has 0 aromatic heterocycles. The molecule has 0 heterocycles. The van der Waals surface area contributed by atoms with Crippen molar-refractivity contribution in [2.45, 2.75) is 34.2 Å². The van der Waals surface area contributed by atoms with E-state index in [9.17, 15) is 0 Å². The summed E-state index contributed by atoms with van der Waals surface area (Å²) in [5.74, 6) is 1.45. The maximum absolute atomic E-state index is 5.88. The summed E-state index contributed by atoms with van der Waals surface area (Å²) < 4.78 is 5.88. The molecule has 0 spiro atoms. The number of para-hydroxylation sites is 2. The normalized spacial score (nSPS) is 10.7. The fraction of sp³-hybridized carbons (Fsp3) is 0.368. The van der Waals surface area contributed by atoms with Gasteiger partial charge in [-0.15, -0.1) is 0 Å². The first-order valence-corrected chi connectivity index (χ1v) is 7.58. The number of ether oxygens (including phenoxy) is 1. The third-order valence-electron chi connectivity index (χ3n) is 3.65. The van der Waals surface area contributed by atoms with Gasteiger partial charge in [-0.25, -0.2) is 0 Å². The van der Waals surface area contributed by atoms with Crippen LogP contribution < -0.4 is 10.1 Å². The van der Waals surface area contributed by atoms with Gasteiger partial charge in [0.2, 0.25) is 0 Å². The van der Waals surface area contributed by atoms with E-state index in [0.717, 1.165) is 24.6 Å². The van der Waals surface area contributed by atoms with E-state index in [1.807, 2.05) is 18.2 Å². The number of aryl methyl sites for hydroxylation is 1. The standard InChI is InChI=1S/C19H25NO/c1-14(2)13-21-19-11-6-5-10-18(19)20-12-17-9-7-8-15(3)16(17)4/h5-11,14,20H,12-13H2,1-4H3. The van der Waals surface area contributed by atoms with E-state index in [-0.39, 0.29) is 0 Å². The van der Waals surface area contributed by atoms with Crippen LogP contribution in [-0.4, -0.2) is 6.61 Å². The average Bonchev–Trinajstić information content (AvgIpc) is 2.47. The fourth-order valence-electron chi connectivity index (χ4n) is 2.19. The summed E-state index contributed by atoms with van der Waals surface area (Å²) in [7, 11) is 0. The second-order valence-corrected chi connectivity index (χ2v) is 5.91. The van der Waals surface area contributed by atoms with Crippen LogP contribution in [0.2, 0.25) is 0 Å². The summed E-state index contributed by atoms with van der Waals surface area (Å²) in [6, 6.07) is 14.6. The lowest BCUT2D eigenvalue weighted by Gasteiger charge is -2.15. The molecule has 21 heavy (non-hydrogen) atoms.